The van der Waals surface area contributed by atoms with Gasteiger partial charge in [-0.2, -0.15) is 0 Å². The topological polar surface area (TPSA) is 75.4 Å². The number of nitrogens with two attached hydrogens (primary N) is 1. The third-order valence-electron chi connectivity index (χ3n) is 2.80. The van der Waals surface area contributed by atoms with Crippen LogP contribution in [0.4, 0.5) is 0 Å². The molecule has 0 aromatic carbocycles. The number of nitrogens with one attached hydrogen (secondary N) is 1. The maximum atomic E-state index is 11.8. The Morgan fingerprint density at radius 3 is 2.41 bits per heavy atom. The minimum Gasteiger partial charge on any atom is -0.396 e. The molecule has 0 aromatic rings. The lowest BCUT2D eigenvalue weighted by Crippen LogP contribution is -2.36. The van der Waals surface area contributed by atoms with Crippen molar-refractivity contribution >= 4 is 5.91 Å². The predicted octanol–water partition coefficient (Wildman–Crippen LogP) is 1.28. The minimum absolute atomic E-state index is 0.0487. The van der Waals surface area contributed by atoms with Crippen LogP contribution in [0, 0.1) is 11.8 Å². The van der Waals surface area contributed by atoms with E-state index in [0.717, 1.165) is 38.6 Å². The Labute approximate surface area is 105 Å². The van der Waals surface area contributed by atoms with E-state index >= 15 is 0 Å². The van der Waals surface area contributed by atoms with Crippen LogP contribution >= 0.6 is 0 Å². The average molecular weight is 244 g/mol. The summed E-state index contributed by atoms with van der Waals surface area (Å²) in [6.45, 7) is 5.61. The highest BCUT2D eigenvalue weighted by Crippen LogP contribution is 2.10. The van der Waals surface area contributed by atoms with Crippen molar-refractivity contribution in [3.63, 3.8) is 0 Å². The Kier molecular flexibility index (Phi) is 10.2. The van der Waals surface area contributed by atoms with Crippen LogP contribution < -0.4 is 11.1 Å². The molecule has 17 heavy (non-hydrogen) atoms. The lowest BCUT2D eigenvalue weighted by atomic mass is 9.96. The van der Waals surface area contributed by atoms with Crippen molar-refractivity contribution in [1.29, 1.82) is 0 Å². The molecule has 0 bridgehead atoms. The number of amides is 1. The summed E-state index contributed by atoms with van der Waals surface area (Å²) in [4.78, 5) is 11.8. The molecule has 1 amide bonds. The second-order valence-electron chi connectivity index (χ2n) is 4.99. The summed E-state index contributed by atoms with van der Waals surface area (Å²) < 4.78 is 0. The van der Waals surface area contributed by atoms with E-state index in [0.29, 0.717) is 12.5 Å². The third-order valence-corrected chi connectivity index (χ3v) is 2.80. The molecule has 1 atom stereocenters. The van der Waals surface area contributed by atoms with E-state index < -0.39 is 0 Å². The SMILES string of the molecule is CC(C)CC(CN)C(=O)NCCCCCCO. The molecule has 0 aliphatic heterocycles. The van der Waals surface area contributed by atoms with Gasteiger partial charge in [-0.25, -0.2) is 0 Å². The highest BCUT2D eigenvalue weighted by molar-refractivity contribution is 5.78. The molecule has 4 nitrogen and oxygen atoms in total. The molecule has 0 fully saturated rings. The van der Waals surface area contributed by atoms with Crippen LogP contribution in [0.25, 0.3) is 0 Å². The Hall–Kier alpha value is -0.610. The number of hydrogen-bond acceptors (Lipinski definition) is 3. The number of rotatable bonds is 10. The average Bonchev–Trinajstić information content (AvgIpc) is 2.30. The van der Waals surface area contributed by atoms with Crippen LogP contribution in [-0.4, -0.2) is 30.7 Å². The van der Waals surface area contributed by atoms with Crippen molar-refractivity contribution in [1.82, 2.24) is 5.32 Å². The molecule has 0 aliphatic rings. The molecule has 0 spiro atoms. The number of unbranched alkanes of at least 4 members (excludes halogenated alkanes) is 3. The van der Waals surface area contributed by atoms with Gasteiger partial charge in [0, 0.05) is 19.7 Å². The zero-order chi connectivity index (χ0) is 13.1. The summed E-state index contributed by atoms with van der Waals surface area (Å²) in [5, 5.41) is 11.6. The number of aliphatic hydroxyl groups is 1. The molecular formula is C13H28N2O2. The zero-order valence-electron chi connectivity index (χ0n) is 11.2. The second-order valence-corrected chi connectivity index (χ2v) is 4.99. The summed E-state index contributed by atoms with van der Waals surface area (Å²) in [5.74, 6) is 0.537. The van der Waals surface area contributed by atoms with Gasteiger partial charge >= 0.3 is 0 Å². The van der Waals surface area contributed by atoms with Crippen LogP contribution in [0.5, 0.6) is 0 Å². The van der Waals surface area contributed by atoms with Crippen LogP contribution in [-0.2, 0) is 4.79 Å². The predicted molar refractivity (Wildman–Crippen MR) is 70.6 cm³/mol. The molecule has 0 saturated heterocycles. The lowest BCUT2D eigenvalue weighted by molar-refractivity contribution is -0.125. The normalized spacial score (nSPS) is 12.8. The van der Waals surface area contributed by atoms with Crippen molar-refractivity contribution in [2.45, 2.75) is 46.0 Å². The molecule has 1 unspecified atom stereocenters. The van der Waals surface area contributed by atoms with Gasteiger partial charge in [0.25, 0.3) is 0 Å². The van der Waals surface area contributed by atoms with Crippen LogP contribution in [0.2, 0.25) is 0 Å². The highest BCUT2D eigenvalue weighted by atomic mass is 16.2. The molecule has 0 rings (SSSR count). The van der Waals surface area contributed by atoms with E-state index in [2.05, 4.69) is 19.2 Å². The van der Waals surface area contributed by atoms with E-state index in [4.69, 9.17) is 10.8 Å². The number of aliphatic hydroxyl groups excluding tert-OH is 1. The highest BCUT2D eigenvalue weighted by Gasteiger charge is 2.17. The largest absolute Gasteiger partial charge is 0.396 e. The second kappa shape index (κ2) is 10.5. The van der Waals surface area contributed by atoms with E-state index in [1.165, 1.54) is 0 Å². The van der Waals surface area contributed by atoms with Gasteiger partial charge in [-0.15, -0.1) is 0 Å². The molecule has 0 saturated carbocycles. The van der Waals surface area contributed by atoms with Gasteiger partial charge in [-0.3, -0.25) is 4.79 Å². The quantitative estimate of drug-likeness (QED) is 0.507. The summed E-state index contributed by atoms with van der Waals surface area (Å²) in [6, 6.07) is 0. The fraction of sp³-hybridized carbons (Fsp3) is 0.923. The van der Waals surface area contributed by atoms with E-state index in [1.54, 1.807) is 0 Å². The van der Waals surface area contributed by atoms with Gasteiger partial charge < -0.3 is 16.2 Å². The van der Waals surface area contributed by atoms with Crippen molar-refractivity contribution in [2.24, 2.45) is 17.6 Å². The monoisotopic (exact) mass is 244 g/mol. The van der Waals surface area contributed by atoms with Crippen molar-refractivity contribution in [3.05, 3.63) is 0 Å². The van der Waals surface area contributed by atoms with Gasteiger partial charge in [0.2, 0.25) is 5.91 Å². The van der Waals surface area contributed by atoms with E-state index in [-0.39, 0.29) is 18.4 Å². The Bertz CT molecular complexity index is 196. The lowest BCUT2D eigenvalue weighted by Gasteiger charge is -2.16. The molecule has 4 heteroatoms. The van der Waals surface area contributed by atoms with Crippen LogP contribution in [0.1, 0.15) is 46.0 Å². The Morgan fingerprint density at radius 1 is 1.24 bits per heavy atom. The smallest absolute Gasteiger partial charge is 0.224 e. The van der Waals surface area contributed by atoms with Gasteiger partial charge in [0.05, 0.1) is 5.92 Å². The van der Waals surface area contributed by atoms with Crippen LogP contribution in [0.3, 0.4) is 0 Å². The summed E-state index contributed by atoms with van der Waals surface area (Å²) in [7, 11) is 0. The maximum absolute atomic E-state index is 11.8. The van der Waals surface area contributed by atoms with Gasteiger partial charge in [-0.05, 0) is 25.2 Å². The minimum atomic E-state index is -0.0487. The summed E-state index contributed by atoms with van der Waals surface area (Å²) in [6.07, 6.45) is 4.77. The van der Waals surface area contributed by atoms with Gasteiger partial charge in [0.1, 0.15) is 0 Å². The van der Waals surface area contributed by atoms with Gasteiger partial charge in [-0.1, -0.05) is 26.7 Å². The first-order valence-electron chi connectivity index (χ1n) is 6.70. The van der Waals surface area contributed by atoms with Crippen molar-refractivity contribution in [3.8, 4) is 0 Å². The van der Waals surface area contributed by atoms with Crippen molar-refractivity contribution in [2.75, 3.05) is 19.7 Å². The van der Waals surface area contributed by atoms with Crippen molar-refractivity contribution < 1.29 is 9.90 Å². The first-order valence-corrected chi connectivity index (χ1v) is 6.70. The molecule has 0 aliphatic carbocycles. The molecule has 4 N–H and O–H groups in total. The first kappa shape index (κ1) is 16.4. The summed E-state index contributed by atoms with van der Waals surface area (Å²) >= 11 is 0. The molecular weight excluding hydrogens is 216 g/mol. The van der Waals surface area contributed by atoms with Gasteiger partial charge in [0.15, 0.2) is 0 Å². The molecule has 102 valence electrons. The molecule has 0 aromatic heterocycles. The fourth-order valence-corrected chi connectivity index (χ4v) is 1.83. The number of hydrogen-bond donors (Lipinski definition) is 3. The fourth-order valence-electron chi connectivity index (χ4n) is 1.83. The molecule has 0 radical (unpaired) electrons. The number of carbonyl (C=O) groups excluding carboxylic acids is 1. The van der Waals surface area contributed by atoms with Crippen LogP contribution in [0.15, 0.2) is 0 Å². The standard InChI is InChI=1S/C13H28N2O2/c1-11(2)9-12(10-14)13(17)15-7-5-3-4-6-8-16/h11-12,16H,3-10,14H2,1-2H3,(H,15,17). The molecule has 0 heterocycles. The Balaban J connectivity index is 3.61. The Morgan fingerprint density at radius 2 is 1.88 bits per heavy atom. The maximum Gasteiger partial charge on any atom is 0.224 e. The number of carbonyl (C=O) groups is 1. The first-order chi connectivity index (χ1) is 8.11. The summed E-state index contributed by atoms with van der Waals surface area (Å²) in [5.41, 5.74) is 5.60. The van der Waals surface area contributed by atoms with E-state index in [9.17, 15) is 4.79 Å². The van der Waals surface area contributed by atoms with E-state index in [1.807, 2.05) is 0 Å². The zero-order valence-corrected chi connectivity index (χ0v) is 11.2. The third kappa shape index (κ3) is 9.12.